The van der Waals surface area contributed by atoms with E-state index in [1.54, 1.807) is 30.3 Å². The quantitative estimate of drug-likeness (QED) is 0.312. The number of fused-ring (bicyclic) bond motifs is 1. The van der Waals surface area contributed by atoms with Crippen LogP contribution in [0, 0.1) is 13.8 Å². The second-order valence-corrected chi connectivity index (χ2v) is 8.57. The largest absolute Gasteiger partial charge is 0.493 e. The molecule has 7 nitrogen and oxygen atoms in total. The maximum atomic E-state index is 12.6. The number of hydrogen-bond acceptors (Lipinski definition) is 4. The Balaban J connectivity index is 1.63. The highest BCUT2D eigenvalue weighted by Gasteiger charge is 2.19. The summed E-state index contributed by atoms with van der Waals surface area (Å²) >= 11 is 3.35. The highest BCUT2D eigenvalue weighted by molar-refractivity contribution is 9.10. The van der Waals surface area contributed by atoms with Gasteiger partial charge in [-0.3, -0.25) is 9.59 Å². The Bertz CT molecular complexity index is 1390. The molecule has 0 saturated heterocycles. The highest BCUT2D eigenvalue weighted by atomic mass is 79.9. The van der Waals surface area contributed by atoms with E-state index in [9.17, 15) is 14.7 Å². The molecule has 8 heteroatoms. The Morgan fingerprint density at radius 3 is 2.52 bits per heavy atom. The van der Waals surface area contributed by atoms with Crippen molar-refractivity contribution in [3.8, 4) is 5.88 Å². The number of carbonyl (C=O) groups excluding carboxylic acids is 2. The summed E-state index contributed by atoms with van der Waals surface area (Å²) in [5.74, 6) is -1.07. The van der Waals surface area contributed by atoms with Crippen molar-refractivity contribution in [2.45, 2.75) is 20.4 Å². The van der Waals surface area contributed by atoms with Crippen LogP contribution in [0.4, 0.5) is 11.4 Å². The van der Waals surface area contributed by atoms with Gasteiger partial charge in [-0.05, 0) is 49.7 Å². The Morgan fingerprint density at radius 2 is 1.76 bits per heavy atom. The van der Waals surface area contributed by atoms with E-state index in [1.165, 1.54) is 4.57 Å². The maximum absolute atomic E-state index is 12.6. The number of amides is 2. The second kappa shape index (κ2) is 9.38. The van der Waals surface area contributed by atoms with Gasteiger partial charge in [-0.2, -0.15) is 0 Å². The fraction of sp³-hybridized carbons (Fsp3) is 0.120. The van der Waals surface area contributed by atoms with Gasteiger partial charge in [0.2, 0.25) is 11.8 Å². The van der Waals surface area contributed by atoms with Crippen LogP contribution in [0.15, 0.2) is 81.4 Å². The van der Waals surface area contributed by atoms with Crippen molar-refractivity contribution in [1.82, 2.24) is 4.57 Å². The van der Waals surface area contributed by atoms with Crippen molar-refractivity contribution in [2.75, 3.05) is 5.32 Å². The molecule has 0 aliphatic carbocycles. The Morgan fingerprint density at radius 1 is 1.03 bits per heavy atom. The van der Waals surface area contributed by atoms with E-state index in [1.807, 2.05) is 50.2 Å². The van der Waals surface area contributed by atoms with Gasteiger partial charge in [0.25, 0.3) is 5.91 Å². The van der Waals surface area contributed by atoms with E-state index in [0.717, 1.165) is 15.6 Å². The molecular weight excluding hydrogens is 484 g/mol. The van der Waals surface area contributed by atoms with Gasteiger partial charge < -0.3 is 15.0 Å². The van der Waals surface area contributed by atoms with Crippen LogP contribution in [0.5, 0.6) is 5.88 Å². The average Bonchev–Trinajstić information content (AvgIpc) is 3.06. The molecule has 166 valence electrons. The molecule has 0 unspecified atom stereocenters. The topological polar surface area (TPSA) is 96.1 Å². The molecule has 1 heterocycles. The minimum absolute atomic E-state index is 0.131. The molecule has 2 amide bonds. The monoisotopic (exact) mass is 504 g/mol. The Labute approximate surface area is 198 Å². The highest BCUT2D eigenvalue weighted by Crippen LogP contribution is 2.39. The molecule has 0 saturated carbocycles. The molecule has 1 aromatic heterocycles. The number of anilines is 1. The van der Waals surface area contributed by atoms with Gasteiger partial charge >= 0.3 is 0 Å². The summed E-state index contributed by atoms with van der Waals surface area (Å²) in [5, 5.41) is 22.2. The van der Waals surface area contributed by atoms with Crippen LogP contribution in [0.3, 0.4) is 0 Å². The minimum Gasteiger partial charge on any atom is -0.493 e. The summed E-state index contributed by atoms with van der Waals surface area (Å²) < 4.78 is 2.20. The van der Waals surface area contributed by atoms with Gasteiger partial charge in [-0.15, -0.1) is 10.2 Å². The van der Waals surface area contributed by atoms with E-state index in [4.69, 9.17) is 0 Å². The maximum Gasteiger partial charge on any atom is 0.295 e. The molecule has 0 bridgehead atoms. The number of hydrogen-bond donors (Lipinski definition) is 2. The first-order valence-electron chi connectivity index (χ1n) is 10.2. The lowest BCUT2D eigenvalue weighted by Gasteiger charge is -2.08. The van der Waals surface area contributed by atoms with Gasteiger partial charge in [0, 0.05) is 21.1 Å². The number of benzene rings is 3. The van der Waals surface area contributed by atoms with Gasteiger partial charge in [0.05, 0.1) is 5.52 Å². The fourth-order valence-corrected chi connectivity index (χ4v) is 3.85. The van der Waals surface area contributed by atoms with Crippen molar-refractivity contribution >= 4 is 50.0 Å². The summed E-state index contributed by atoms with van der Waals surface area (Å²) in [7, 11) is 0. The van der Waals surface area contributed by atoms with Crippen molar-refractivity contribution in [3.63, 3.8) is 0 Å². The third-order valence-corrected chi connectivity index (χ3v) is 5.72. The third kappa shape index (κ3) is 4.85. The van der Waals surface area contributed by atoms with Crippen LogP contribution in [0.2, 0.25) is 0 Å². The molecule has 4 aromatic rings. The number of nitrogens with one attached hydrogen (secondary N) is 1. The molecule has 0 radical (unpaired) electrons. The van der Waals surface area contributed by atoms with Crippen LogP contribution in [-0.2, 0) is 11.3 Å². The molecule has 3 aromatic carbocycles. The van der Waals surface area contributed by atoms with Crippen LogP contribution in [0.25, 0.3) is 10.9 Å². The van der Waals surface area contributed by atoms with E-state index >= 15 is 0 Å². The summed E-state index contributed by atoms with van der Waals surface area (Å²) in [5.41, 5.74) is 3.67. The zero-order chi connectivity index (χ0) is 23.5. The van der Waals surface area contributed by atoms with Gasteiger partial charge in [-0.25, -0.2) is 0 Å². The van der Waals surface area contributed by atoms with Crippen LogP contribution in [0.1, 0.15) is 21.5 Å². The predicted octanol–water partition coefficient (Wildman–Crippen LogP) is 6.29. The molecular formula is C25H21BrN4O3. The lowest BCUT2D eigenvalue weighted by Crippen LogP contribution is -2.18. The molecule has 4 rings (SSSR count). The number of carbonyl (C=O) groups is 2. The molecule has 2 N–H and O–H groups in total. The standard InChI is InChI=1S/C25H21BrN4O3/c1-15-7-11-18(12-8-15)27-22(31)14-30-21-6-4-3-5-19(21)23(25(30)33)28-29-24(32)20-13-17(26)10-9-16(20)2/h3-13,33H,14H2,1-2H3,(H,27,31). The first-order chi connectivity index (χ1) is 15.8. The van der Waals surface area contributed by atoms with Crippen LogP contribution >= 0.6 is 15.9 Å². The minimum atomic E-state index is -0.526. The van der Waals surface area contributed by atoms with E-state index in [0.29, 0.717) is 22.2 Å². The number of rotatable bonds is 5. The van der Waals surface area contributed by atoms with Crippen molar-refractivity contribution in [1.29, 1.82) is 0 Å². The van der Waals surface area contributed by atoms with Crippen LogP contribution < -0.4 is 5.32 Å². The molecule has 0 fully saturated rings. The average molecular weight is 505 g/mol. The fourth-order valence-electron chi connectivity index (χ4n) is 3.49. The number of para-hydroxylation sites is 1. The summed E-state index contributed by atoms with van der Waals surface area (Å²) in [6.07, 6.45) is 0. The van der Waals surface area contributed by atoms with Crippen LogP contribution in [-0.4, -0.2) is 21.5 Å². The number of aromatic hydroxyl groups is 1. The predicted molar refractivity (Wildman–Crippen MR) is 131 cm³/mol. The number of aromatic nitrogens is 1. The van der Waals surface area contributed by atoms with E-state index in [2.05, 4.69) is 31.5 Å². The number of halogens is 1. The number of nitrogens with zero attached hydrogens (tertiary/aromatic N) is 3. The Kier molecular flexibility index (Phi) is 6.37. The normalized spacial score (nSPS) is 11.2. The smallest absolute Gasteiger partial charge is 0.295 e. The first kappa shape index (κ1) is 22.4. The SMILES string of the molecule is Cc1ccc(NC(=O)Cn2c(O)c(N=NC(=O)c3cc(Br)ccc3C)c3ccccc32)cc1. The van der Waals surface area contributed by atoms with E-state index in [-0.39, 0.29) is 24.0 Å². The molecule has 0 atom stereocenters. The van der Waals surface area contributed by atoms with Crippen molar-refractivity contribution < 1.29 is 14.7 Å². The third-order valence-electron chi connectivity index (χ3n) is 5.23. The van der Waals surface area contributed by atoms with Crippen molar-refractivity contribution in [2.24, 2.45) is 10.2 Å². The van der Waals surface area contributed by atoms with Gasteiger partial charge in [-0.1, -0.05) is 57.9 Å². The summed E-state index contributed by atoms with van der Waals surface area (Å²) in [4.78, 5) is 25.3. The molecule has 0 aliphatic heterocycles. The van der Waals surface area contributed by atoms with Gasteiger partial charge in [0.15, 0.2) is 5.69 Å². The summed E-state index contributed by atoms with van der Waals surface area (Å²) in [6, 6.07) is 19.9. The number of azo groups is 1. The lowest BCUT2D eigenvalue weighted by atomic mass is 10.1. The molecule has 0 spiro atoms. The van der Waals surface area contributed by atoms with Gasteiger partial charge in [0.1, 0.15) is 6.54 Å². The molecule has 33 heavy (non-hydrogen) atoms. The van der Waals surface area contributed by atoms with Crippen molar-refractivity contribution in [3.05, 3.63) is 87.9 Å². The first-order valence-corrected chi connectivity index (χ1v) is 11.0. The number of aryl methyl sites for hydroxylation is 2. The Hall–Kier alpha value is -3.78. The molecule has 0 aliphatic rings. The zero-order valence-corrected chi connectivity index (χ0v) is 19.6. The second-order valence-electron chi connectivity index (χ2n) is 7.65. The zero-order valence-electron chi connectivity index (χ0n) is 18.0. The lowest BCUT2D eigenvalue weighted by molar-refractivity contribution is -0.116. The summed E-state index contributed by atoms with van der Waals surface area (Å²) in [6.45, 7) is 3.65. The van der Waals surface area contributed by atoms with E-state index < -0.39 is 5.91 Å².